The Morgan fingerprint density at radius 1 is 1.00 bits per heavy atom. The Morgan fingerprint density at radius 2 is 1.75 bits per heavy atom. The first-order valence-corrected chi connectivity index (χ1v) is 13.7. The van der Waals surface area contributed by atoms with Crippen LogP contribution in [0.25, 0.3) is 20.8 Å². The molecule has 2 heterocycles. The van der Waals surface area contributed by atoms with Crippen molar-refractivity contribution in [1.29, 1.82) is 0 Å². The minimum Gasteiger partial charge on any atom is -0.322 e. The first kappa shape index (κ1) is 21.2. The predicted molar refractivity (Wildman–Crippen MR) is 132 cm³/mol. The molecule has 0 saturated carbocycles. The van der Waals surface area contributed by atoms with Gasteiger partial charge in [-0.1, -0.05) is 24.3 Å². The zero-order chi connectivity index (χ0) is 22.1. The van der Waals surface area contributed by atoms with Crippen LogP contribution < -0.4 is 5.32 Å². The average Bonchev–Trinajstić information content (AvgIpc) is 3.37. The van der Waals surface area contributed by atoms with Gasteiger partial charge in [-0.05, 0) is 55.0 Å². The molecule has 0 aliphatic carbocycles. The molecule has 5 nitrogen and oxygen atoms in total. The van der Waals surface area contributed by atoms with Crippen LogP contribution in [0.4, 0.5) is 5.69 Å². The number of rotatable bonds is 5. The molecule has 32 heavy (non-hydrogen) atoms. The lowest BCUT2D eigenvalue weighted by atomic mass is 10.2. The smallest absolute Gasteiger partial charge is 0.256 e. The van der Waals surface area contributed by atoms with E-state index in [1.807, 2.05) is 60.7 Å². The predicted octanol–water partition coefficient (Wildman–Crippen LogP) is 5.49. The fourth-order valence-corrected chi connectivity index (χ4v) is 8.28. The fraction of sp³-hybridized carbons (Fsp3) is 0.167. The number of hydrogen-bond acceptors (Lipinski definition) is 6. The molecule has 1 aromatic heterocycles. The Morgan fingerprint density at radius 3 is 2.50 bits per heavy atom. The summed E-state index contributed by atoms with van der Waals surface area (Å²) in [6.45, 7) is 0. The lowest BCUT2D eigenvalue weighted by Gasteiger charge is -2.13. The highest BCUT2D eigenvalue weighted by atomic mass is 32.2. The first-order chi connectivity index (χ1) is 15.5. The summed E-state index contributed by atoms with van der Waals surface area (Å²) in [5.41, 5.74) is 3.23. The van der Waals surface area contributed by atoms with Gasteiger partial charge in [-0.25, -0.2) is 13.4 Å². The molecule has 1 unspecified atom stereocenters. The van der Waals surface area contributed by atoms with Gasteiger partial charge in [0.1, 0.15) is 5.01 Å². The summed E-state index contributed by atoms with van der Waals surface area (Å²) in [6.07, 6.45) is 0.621. The second kappa shape index (κ2) is 8.69. The van der Waals surface area contributed by atoms with Crippen LogP contribution in [-0.4, -0.2) is 36.1 Å². The highest BCUT2D eigenvalue weighted by Crippen LogP contribution is 2.34. The summed E-state index contributed by atoms with van der Waals surface area (Å²) in [5, 5.41) is 3.89. The second-order valence-corrected chi connectivity index (χ2v) is 12.3. The Kier molecular flexibility index (Phi) is 5.75. The van der Waals surface area contributed by atoms with Crippen molar-refractivity contribution in [3.8, 4) is 10.6 Å². The van der Waals surface area contributed by atoms with Gasteiger partial charge in [0, 0.05) is 21.4 Å². The number of para-hydroxylation sites is 1. The van der Waals surface area contributed by atoms with E-state index in [1.54, 1.807) is 17.4 Å². The van der Waals surface area contributed by atoms with Crippen molar-refractivity contribution >= 4 is 54.7 Å². The van der Waals surface area contributed by atoms with Crippen molar-refractivity contribution in [1.82, 2.24) is 4.98 Å². The summed E-state index contributed by atoms with van der Waals surface area (Å²) < 4.78 is 24.7. The van der Waals surface area contributed by atoms with Gasteiger partial charge in [-0.3, -0.25) is 4.79 Å². The monoisotopic (exact) mass is 480 g/mol. The molecule has 3 aromatic carbocycles. The molecule has 0 bridgehead atoms. The number of thiazole rings is 1. The summed E-state index contributed by atoms with van der Waals surface area (Å²) in [5.74, 6) is 0.183. The van der Waals surface area contributed by atoms with Gasteiger partial charge in [0.15, 0.2) is 9.84 Å². The van der Waals surface area contributed by atoms with E-state index >= 15 is 0 Å². The largest absolute Gasteiger partial charge is 0.322 e. The summed E-state index contributed by atoms with van der Waals surface area (Å²) >= 11 is 3.11. The molecule has 1 aliphatic heterocycles. The Balaban J connectivity index is 1.31. The van der Waals surface area contributed by atoms with Gasteiger partial charge in [-0.15, -0.1) is 23.1 Å². The molecule has 4 aromatic rings. The van der Waals surface area contributed by atoms with Crippen LogP contribution in [-0.2, 0) is 9.84 Å². The van der Waals surface area contributed by atoms with E-state index in [4.69, 9.17) is 0 Å². The SMILES string of the molecule is O=C(Nc1ccc(-c2nc3ccccc3s2)cc1)c1ccccc1SC1CCS(=O)(=O)C1. The first-order valence-electron chi connectivity index (χ1n) is 10.2. The van der Waals surface area contributed by atoms with E-state index in [1.165, 1.54) is 11.8 Å². The number of fused-ring (bicyclic) bond motifs is 1. The van der Waals surface area contributed by atoms with Crippen LogP contribution in [0.15, 0.2) is 77.7 Å². The molecule has 1 atom stereocenters. The standard InChI is InChI=1S/C24H20N2O3S3/c27-23(19-5-1-3-7-21(19)30-18-13-14-32(28,29)15-18)25-17-11-9-16(10-12-17)24-26-20-6-2-4-8-22(20)31-24/h1-12,18H,13-15H2,(H,25,27). The van der Waals surface area contributed by atoms with Crippen molar-refractivity contribution in [2.45, 2.75) is 16.6 Å². The third-order valence-electron chi connectivity index (χ3n) is 5.30. The average molecular weight is 481 g/mol. The molecule has 0 radical (unpaired) electrons. The van der Waals surface area contributed by atoms with Gasteiger partial charge in [-0.2, -0.15) is 0 Å². The molecule has 1 N–H and O–H groups in total. The number of carbonyl (C=O) groups is 1. The number of amides is 1. The normalized spacial score (nSPS) is 17.4. The van der Waals surface area contributed by atoms with E-state index in [2.05, 4.69) is 16.4 Å². The number of anilines is 1. The molecule has 1 saturated heterocycles. The molecule has 162 valence electrons. The maximum atomic E-state index is 13.0. The third-order valence-corrected chi connectivity index (χ3v) is 9.71. The minimum atomic E-state index is -2.96. The van der Waals surface area contributed by atoms with Gasteiger partial charge < -0.3 is 5.32 Å². The van der Waals surface area contributed by atoms with E-state index in [-0.39, 0.29) is 22.7 Å². The molecule has 0 spiro atoms. The quantitative estimate of drug-likeness (QED) is 0.408. The third kappa shape index (κ3) is 4.57. The molecule has 8 heteroatoms. The van der Waals surface area contributed by atoms with Crippen LogP contribution in [0, 0.1) is 0 Å². The van der Waals surface area contributed by atoms with Gasteiger partial charge >= 0.3 is 0 Å². The number of nitrogens with one attached hydrogen (secondary N) is 1. The van der Waals surface area contributed by atoms with Crippen LogP contribution in [0.5, 0.6) is 0 Å². The lowest BCUT2D eigenvalue weighted by Crippen LogP contribution is -2.14. The van der Waals surface area contributed by atoms with E-state index in [9.17, 15) is 13.2 Å². The molecular weight excluding hydrogens is 460 g/mol. The maximum absolute atomic E-state index is 13.0. The highest BCUT2D eigenvalue weighted by Gasteiger charge is 2.29. The van der Waals surface area contributed by atoms with Crippen molar-refractivity contribution in [2.75, 3.05) is 16.8 Å². The number of thioether (sulfide) groups is 1. The topological polar surface area (TPSA) is 76.1 Å². The van der Waals surface area contributed by atoms with Crippen LogP contribution in [0.3, 0.4) is 0 Å². The van der Waals surface area contributed by atoms with E-state index in [0.717, 1.165) is 25.7 Å². The van der Waals surface area contributed by atoms with Gasteiger partial charge in [0.05, 0.1) is 27.3 Å². The molecule has 5 rings (SSSR count). The summed E-state index contributed by atoms with van der Waals surface area (Å²) in [6, 6.07) is 23.0. The Labute approximate surface area is 194 Å². The zero-order valence-corrected chi connectivity index (χ0v) is 19.5. The van der Waals surface area contributed by atoms with Crippen LogP contribution >= 0.6 is 23.1 Å². The maximum Gasteiger partial charge on any atom is 0.256 e. The number of hydrogen-bond donors (Lipinski definition) is 1. The molecule has 1 fully saturated rings. The molecule has 1 aliphatic rings. The number of aromatic nitrogens is 1. The summed E-state index contributed by atoms with van der Waals surface area (Å²) in [4.78, 5) is 18.4. The highest BCUT2D eigenvalue weighted by molar-refractivity contribution is 8.02. The fourth-order valence-electron chi connectivity index (χ4n) is 3.68. The second-order valence-electron chi connectivity index (χ2n) is 7.66. The minimum absolute atomic E-state index is 0.0120. The van der Waals surface area contributed by atoms with Crippen molar-refractivity contribution < 1.29 is 13.2 Å². The number of sulfone groups is 1. The van der Waals surface area contributed by atoms with Crippen molar-refractivity contribution in [3.63, 3.8) is 0 Å². The van der Waals surface area contributed by atoms with Crippen molar-refractivity contribution in [2.24, 2.45) is 0 Å². The number of benzene rings is 3. The summed E-state index contributed by atoms with van der Waals surface area (Å²) in [7, 11) is -2.96. The number of nitrogens with zero attached hydrogens (tertiary/aromatic N) is 1. The van der Waals surface area contributed by atoms with Gasteiger partial charge in [0.2, 0.25) is 0 Å². The van der Waals surface area contributed by atoms with E-state index in [0.29, 0.717) is 17.7 Å². The lowest BCUT2D eigenvalue weighted by molar-refractivity contribution is 0.102. The van der Waals surface area contributed by atoms with Crippen molar-refractivity contribution in [3.05, 3.63) is 78.4 Å². The number of carbonyl (C=O) groups excluding carboxylic acids is 1. The van der Waals surface area contributed by atoms with Crippen LogP contribution in [0.2, 0.25) is 0 Å². The zero-order valence-electron chi connectivity index (χ0n) is 17.0. The van der Waals surface area contributed by atoms with Gasteiger partial charge in [0.25, 0.3) is 5.91 Å². The van der Waals surface area contributed by atoms with Crippen LogP contribution in [0.1, 0.15) is 16.8 Å². The Hall–Kier alpha value is -2.68. The Bertz CT molecular complexity index is 1360. The molecular formula is C24H20N2O3S3. The molecule has 1 amide bonds. The van der Waals surface area contributed by atoms with E-state index < -0.39 is 9.84 Å².